The van der Waals surface area contributed by atoms with Gasteiger partial charge in [0.05, 0.1) is 0 Å². The Labute approximate surface area is 157 Å². The lowest BCUT2D eigenvalue weighted by Crippen LogP contribution is -2.11. The molecule has 0 aliphatic carbocycles. The third-order valence-electron chi connectivity index (χ3n) is 4.56. The summed E-state index contributed by atoms with van der Waals surface area (Å²) in [5.41, 5.74) is 6.34. The van der Waals surface area contributed by atoms with Crippen LogP contribution in [-0.2, 0) is 13.1 Å². The minimum absolute atomic E-state index is 0.325. The van der Waals surface area contributed by atoms with Crippen LogP contribution in [0.3, 0.4) is 0 Å². The van der Waals surface area contributed by atoms with Crippen LogP contribution < -0.4 is 0 Å². The third-order valence-corrected chi connectivity index (χ3v) is 4.56. The van der Waals surface area contributed by atoms with Crippen LogP contribution >= 0.6 is 0 Å². The molecule has 0 fully saturated rings. The molecule has 0 radical (unpaired) electrons. The highest BCUT2D eigenvalue weighted by Gasteiger charge is 2.10. The number of hydrogen-bond acceptors (Lipinski definition) is 4. The molecule has 0 atom stereocenters. The number of aromatic hydroxyl groups is 2. The second-order valence-electron chi connectivity index (χ2n) is 7.41. The number of benzene rings is 2. The van der Waals surface area contributed by atoms with Crippen molar-refractivity contribution in [3.05, 3.63) is 58.7 Å². The highest BCUT2D eigenvalue weighted by molar-refractivity contribution is 5.89. The van der Waals surface area contributed by atoms with Gasteiger partial charge in [0.1, 0.15) is 11.5 Å². The van der Waals surface area contributed by atoms with Crippen LogP contribution in [0.1, 0.15) is 36.1 Å². The molecule has 0 saturated heterocycles. The fraction of sp³-hybridized carbons (Fsp3) is 0.364. The topological polar surface area (TPSA) is 46.9 Å². The zero-order chi connectivity index (χ0) is 19.4. The summed E-state index contributed by atoms with van der Waals surface area (Å²) in [6, 6.07) is 11.5. The van der Waals surface area contributed by atoms with Gasteiger partial charge in [0.15, 0.2) is 0 Å². The van der Waals surface area contributed by atoms with Gasteiger partial charge in [0.25, 0.3) is 0 Å². The van der Waals surface area contributed by atoms with Gasteiger partial charge in [-0.25, -0.2) is 0 Å². The van der Waals surface area contributed by atoms with E-state index in [4.69, 9.17) is 0 Å². The molecule has 0 aliphatic rings. The maximum Gasteiger partial charge on any atom is 0.120 e. The first-order valence-corrected chi connectivity index (χ1v) is 8.80. The van der Waals surface area contributed by atoms with E-state index >= 15 is 0 Å². The Morgan fingerprint density at radius 3 is 1.35 bits per heavy atom. The first kappa shape index (κ1) is 20.0. The Hall–Kier alpha value is -2.30. The molecule has 4 nitrogen and oxygen atoms in total. The van der Waals surface area contributed by atoms with Crippen molar-refractivity contribution < 1.29 is 10.2 Å². The molecule has 0 amide bonds. The predicted molar refractivity (Wildman–Crippen MR) is 109 cm³/mol. The van der Waals surface area contributed by atoms with Crippen LogP contribution in [0.2, 0.25) is 0 Å². The summed E-state index contributed by atoms with van der Waals surface area (Å²) in [4.78, 5) is 4.08. The van der Waals surface area contributed by atoms with Gasteiger partial charge in [-0.15, -0.1) is 0 Å². The van der Waals surface area contributed by atoms with Crippen molar-refractivity contribution in [2.45, 2.75) is 26.9 Å². The van der Waals surface area contributed by atoms with Crippen molar-refractivity contribution in [3.63, 3.8) is 0 Å². The molecule has 0 spiro atoms. The fourth-order valence-electron chi connectivity index (χ4n) is 3.01. The zero-order valence-electron chi connectivity index (χ0n) is 16.7. The largest absolute Gasteiger partial charge is 0.508 e. The van der Waals surface area contributed by atoms with Crippen molar-refractivity contribution in [1.82, 2.24) is 9.80 Å². The SMILES string of the molecule is C/C(=C(\C)c1ccc(O)c(CN(C)C)c1)c1ccc(O)c(CN(C)C)c1. The van der Waals surface area contributed by atoms with Gasteiger partial charge in [0, 0.05) is 24.2 Å². The summed E-state index contributed by atoms with van der Waals surface area (Å²) in [5, 5.41) is 20.2. The minimum Gasteiger partial charge on any atom is -0.508 e. The van der Waals surface area contributed by atoms with E-state index in [1.165, 1.54) is 0 Å². The molecule has 0 aromatic heterocycles. The summed E-state index contributed by atoms with van der Waals surface area (Å²) in [6.07, 6.45) is 0. The number of allylic oxidation sites excluding steroid dienone is 2. The molecule has 0 bridgehead atoms. The van der Waals surface area contributed by atoms with Crippen molar-refractivity contribution in [3.8, 4) is 11.5 Å². The summed E-state index contributed by atoms with van der Waals surface area (Å²) < 4.78 is 0. The van der Waals surface area contributed by atoms with Gasteiger partial charge in [-0.3, -0.25) is 0 Å². The van der Waals surface area contributed by atoms with Gasteiger partial charge >= 0.3 is 0 Å². The Morgan fingerprint density at radius 2 is 1.04 bits per heavy atom. The molecule has 4 heteroatoms. The van der Waals surface area contributed by atoms with Gasteiger partial charge in [0.2, 0.25) is 0 Å². The second kappa shape index (κ2) is 8.39. The van der Waals surface area contributed by atoms with Crippen molar-refractivity contribution in [2.24, 2.45) is 0 Å². The first-order chi connectivity index (χ1) is 12.2. The lowest BCUT2D eigenvalue weighted by Gasteiger charge is -2.16. The molecule has 0 unspecified atom stereocenters. The molecule has 2 aromatic carbocycles. The van der Waals surface area contributed by atoms with Gasteiger partial charge in [-0.05, 0) is 88.6 Å². The Balaban J connectivity index is 2.43. The van der Waals surface area contributed by atoms with Crippen molar-refractivity contribution in [2.75, 3.05) is 28.2 Å². The zero-order valence-corrected chi connectivity index (χ0v) is 16.7. The van der Waals surface area contributed by atoms with Crippen molar-refractivity contribution in [1.29, 1.82) is 0 Å². The van der Waals surface area contributed by atoms with E-state index in [1.54, 1.807) is 12.1 Å². The standard InChI is InChI=1S/C22H30N2O2/c1-15(17-7-9-21(25)19(11-17)13-23(3)4)16(2)18-8-10-22(26)20(12-18)14-24(5)6/h7-12,25-26H,13-14H2,1-6H3/b16-15-. The molecular formula is C22H30N2O2. The average Bonchev–Trinajstić information content (AvgIpc) is 2.56. The molecular weight excluding hydrogens is 324 g/mol. The lowest BCUT2D eigenvalue weighted by atomic mass is 9.94. The summed E-state index contributed by atoms with van der Waals surface area (Å²) in [5.74, 6) is 0.650. The molecule has 0 saturated carbocycles. The molecule has 0 heterocycles. The van der Waals surface area contributed by atoms with E-state index in [-0.39, 0.29) is 0 Å². The van der Waals surface area contributed by atoms with E-state index in [1.807, 2.05) is 50.1 Å². The third kappa shape index (κ3) is 4.87. The maximum absolute atomic E-state index is 10.1. The van der Waals surface area contributed by atoms with E-state index in [9.17, 15) is 10.2 Å². The Morgan fingerprint density at radius 1 is 0.692 bits per heavy atom. The van der Waals surface area contributed by atoms with Crippen LogP contribution in [0, 0.1) is 0 Å². The smallest absolute Gasteiger partial charge is 0.120 e. The minimum atomic E-state index is 0.325. The number of hydrogen-bond donors (Lipinski definition) is 2. The lowest BCUT2D eigenvalue weighted by molar-refractivity contribution is 0.386. The first-order valence-electron chi connectivity index (χ1n) is 8.80. The monoisotopic (exact) mass is 354 g/mol. The summed E-state index contributed by atoms with van der Waals surface area (Å²) in [7, 11) is 7.96. The molecule has 140 valence electrons. The number of nitrogens with zero attached hydrogens (tertiary/aromatic N) is 2. The quantitative estimate of drug-likeness (QED) is 0.764. The normalized spacial score (nSPS) is 12.6. The molecule has 0 aliphatic heterocycles. The maximum atomic E-state index is 10.1. The van der Waals surface area contributed by atoms with Gasteiger partial charge < -0.3 is 20.0 Å². The van der Waals surface area contributed by atoms with Crippen LogP contribution in [0.5, 0.6) is 11.5 Å². The fourth-order valence-corrected chi connectivity index (χ4v) is 3.01. The van der Waals surface area contributed by atoms with Gasteiger partial charge in [-0.2, -0.15) is 0 Å². The number of phenolic OH excluding ortho intramolecular Hbond substituents is 2. The van der Waals surface area contributed by atoms with Crippen LogP contribution in [-0.4, -0.2) is 48.2 Å². The van der Waals surface area contributed by atoms with Gasteiger partial charge in [-0.1, -0.05) is 12.1 Å². The van der Waals surface area contributed by atoms with Crippen molar-refractivity contribution >= 4 is 11.1 Å². The molecule has 2 rings (SSSR count). The summed E-state index contributed by atoms with van der Waals surface area (Å²) in [6.45, 7) is 5.58. The van der Waals surface area contributed by atoms with E-state index in [0.717, 1.165) is 33.4 Å². The average molecular weight is 354 g/mol. The number of phenols is 2. The molecule has 26 heavy (non-hydrogen) atoms. The Kier molecular flexibility index (Phi) is 6.46. The highest BCUT2D eigenvalue weighted by Crippen LogP contribution is 2.31. The van der Waals surface area contributed by atoms with Crippen LogP contribution in [0.4, 0.5) is 0 Å². The highest BCUT2D eigenvalue weighted by atomic mass is 16.3. The van der Waals surface area contributed by atoms with E-state index in [2.05, 4.69) is 26.0 Å². The molecule has 2 N–H and O–H groups in total. The molecule has 2 aromatic rings. The Bertz CT molecular complexity index is 740. The second-order valence-corrected chi connectivity index (χ2v) is 7.41. The van der Waals surface area contributed by atoms with E-state index in [0.29, 0.717) is 24.6 Å². The number of rotatable bonds is 6. The van der Waals surface area contributed by atoms with Crippen LogP contribution in [0.25, 0.3) is 11.1 Å². The predicted octanol–water partition coefficient (Wildman–Crippen LogP) is 4.17. The summed E-state index contributed by atoms with van der Waals surface area (Å²) >= 11 is 0. The van der Waals surface area contributed by atoms with Crippen LogP contribution in [0.15, 0.2) is 36.4 Å². The van der Waals surface area contributed by atoms with E-state index < -0.39 is 0 Å².